The number of carbonyl (C=O) groups is 1. The second-order valence-corrected chi connectivity index (χ2v) is 10.8. The van der Waals surface area contributed by atoms with E-state index >= 15 is 0 Å². The average Bonchev–Trinajstić information content (AvgIpc) is 2.91. The summed E-state index contributed by atoms with van der Waals surface area (Å²) in [6, 6.07) is 9.40. The van der Waals surface area contributed by atoms with Crippen LogP contribution >= 0.6 is 23.4 Å². The Labute approximate surface area is 184 Å². The van der Waals surface area contributed by atoms with Crippen molar-refractivity contribution in [3.63, 3.8) is 0 Å². The molecule has 1 N–H and O–H groups in total. The van der Waals surface area contributed by atoms with Gasteiger partial charge in [-0.3, -0.25) is 4.79 Å². The van der Waals surface area contributed by atoms with E-state index in [1.807, 2.05) is 6.92 Å². The third-order valence-electron chi connectivity index (χ3n) is 4.26. The number of amidine groups is 1. The number of halogens is 1. The maximum Gasteiger partial charge on any atom is 0.339 e. The van der Waals surface area contributed by atoms with Gasteiger partial charge in [0, 0.05) is 10.6 Å². The van der Waals surface area contributed by atoms with Crippen molar-refractivity contribution in [3.8, 4) is 5.75 Å². The zero-order valence-electron chi connectivity index (χ0n) is 16.8. The number of hydrogen-bond donors (Lipinski definition) is 1. The van der Waals surface area contributed by atoms with Gasteiger partial charge in [-0.25, -0.2) is 0 Å². The number of rotatable bonds is 5. The summed E-state index contributed by atoms with van der Waals surface area (Å²) in [7, 11) is -4.09. The number of amides is 1. The van der Waals surface area contributed by atoms with Crippen LogP contribution in [0.3, 0.4) is 0 Å². The maximum atomic E-state index is 12.7. The van der Waals surface area contributed by atoms with Crippen LogP contribution in [0.4, 0.5) is 0 Å². The van der Waals surface area contributed by atoms with E-state index in [0.717, 1.165) is 11.1 Å². The van der Waals surface area contributed by atoms with Crippen molar-refractivity contribution in [2.75, 3.05) is 0 Å². The molecule has 2 aromatic carbocycles. The molecule has 0 atom stereocenters. The van der Waals surface area contributed by atoms with E-state index in [4.69, 9.17) is 15.8 Å². The molecule has 0 aromatic heterocycles. The number of carbonyl (C=O) groups excluding carboxylic acids is 1. The first-order valence-electron chi connectivity index (χ1n) is 8.91. The molecule has 3 rings (SSSR count). The summed E-state index contributed by atoms with van der Waals surface area (Å²) in [6.45, 7) is 7.21. The summed E-state index contributed by atoms with van der Waals surface area (Å²) in [6.07, 6.45) is 1.38. The molecule has 0 unspecified atom stereocenters. The average molecular weight is 466 g/mol. The quantitative estimate of drug-likeness (QED) is 0.408. The van der Waals surface area contributed by atoms with Crippen LogP contribution in [0.15, 0.2) is 51.5 Å². The lowest BCUT2D eigenvalue weighted by Gasteiger charge is -2.11. The smallest absolute Gasteiger partial charge is 0.339 e. The third kappa shape index (κ3) is 5.03. The Bertz CT molecular complexity index is 1170. The molecule has 30 heavy (non-hydrogen) atoms. The van der Waals surface area contributed by atoms with Crippen LogP contribution in [0.2, 0.25) is 5.02 Å². The SMILES string of the molecule is Cc1ccc(OS(=O)(=O)c2ccc(C)c(Cl)c2)c(/C=N/N=C2\NC(=O)C(C)(C)S2)c1. The highest BCUT2D eigenvalue weighted by atomic mass is 35.5. The van der Waals surface area contributed by atoms with E-state index in [9.17, 15) is 13.2 Å². The van der Waals surface area contributed by atoms with Crippen LogP contribution < -0.4 is 9.50 Å². The molecule has 1 aliphatic heterocycles. The van der Waals surface area contributed by atoms with Crippen LogP contribution in [-0.4, -0.2) is 30.5 Å². The normalized spacial score (nSPS) is 17.5. The predicted octanol–water partition coefficient (Wildman–Crippen LogP) is 4.06. The largest absolute Gasteiger partial charge is 0.378 e. The lowest BCUT2D eigenvalue weighted by molar-refractivity contribution is -0.120. The summed E-state index contributed by atoms with van der Waals surface area (Å²) < 4.78 is 30.1. The van der Waals surface area contributed by atoms with Crippen molar-refractivity contribution >= 4 is 50.8 Å². The highest BCUT2D eigenvalue weighted by Gasteiger charge is 2.38. The molecule has 158 valence electrons. The zero-order valence-corrected chi connectivity index (χ0v) is 19.2. The lowest BCUT2D eigenvalue weighted by atomic mass is 10.1. The zero-order chi connectivity index (χ0) is 22.1. The fraction of sp³-hybridized carbons (Fsp3) is 0.250. The minimum atomic E-state index is -4.09. The Balaban J connectivity index is 1.87. The van der Waals surface area contributed by atoms with E-state index in [1.54, 1.807) is 45.0 Å². The molecule has 1 aliphatic rings. The van der Waals surface area contributed by atoms with Crippen molar-refractivity contribution in [2.24, 2.45) is 10.2 Å². The number of nitrogens with zero attached hydrogens (tertiary/aromatic N) is 2. The van der Waals surface area contributed by atoms with Crippen LogP contribution in [0.25, 0.3) is 0 Å². The van der Waals surface area contributed by atoms with Gasteiger partial charge >= 0.3 is 10.1 Å². The molecule has 2 aromatic rings. The van der Waals surface area contributed by atoms with E-state index in [2.05, 4.69) is 15.5 Å². The van der Waals surface area contributed by atoms with Gasteiger partial charge < -0.3 is 9.50 Å². The molecule has 0 radical (unpaired) electrons. The van der Waals surface area contributed by atoms with Gasteiger partial charge in [0.1, 0.15) is 4.90 Å². The summed E-state index contributed by atoms with van der Waals surface area (Å²) in [4.78, 5) is 11.8. The highest BCUT2D eigenvalue weighted by Crippen LogP contribution is 2.31. The molecular weight excluding hydrogens is 446 g/mol. The number of aryl methyl sites for hydroxylation is 2. The van der Waals surface area contributed by atoms with Crippen molar-refractivity contribution < 1.29 is 17.4 Å². The van der Waals surface area contributed by atoms with Gasteiger partial charge in [-0.1, -0.05) is 41.1 Å². The molecule has 7 nitrogen and oxygen atoms in total. The Kier molecular flexibility index (Phi) is 6.26. The monoisotopic (exact) mass is 465 g/mol. The fourth-order valence-corrected chi connectivity index (χ4v) is 4.58. The number of hydrogen-bond acceptors (Lipinski definition) is 7. The topological polar surface area (TPSA) is 97.2 Å². The Morgan fingerprint density at radius 2 is 1.90 bits per heavy atom. The lowest BCUT2D eigenvalue weighted by Crippen LogP contribution is -2.30. The second-order valence-electron chi connectivity index (χ2n) is 7.21. The first-order chi connectivity index (χ1) is 14.0. The van der Waals surface area contributed by atoms with Gasteiger partial charge in [-0.05, 0) is 57.5 Å². The Morgan fingerprint density at radius 1 is 1.17 bits per heavy atom. The van der Waals surface area contributed by atoms with Crippen LogP contribution in [0.1, 0.15) is 30.5 Å². The van der Waals surface area contributed by atoms with Gasteiger partial charge in [0.2, 0.25) is 5.91 Å². The molecule has 0 saturated carbocycles. The first kappa shape index (κ1) is 22.3. The number of thioether (sulfide) groups is 1. The standard InChI is InChI=1S/C20H20ClN3O4S2/c1-12-5-8-17(28-30(26,27)15-7-6-13(2)16(21)10-15)14(9-12)11-22-24-19-23-18(25)20(3,4)29-19/h5-11H,1-4H3,(H,23,24,25)/b22-11+. The van der Waals surface area contributed by atoms with Crippen LogP contribution in [0.5, 0.6) is 5.75 Å². The molecule has 1 saturated heterocycles. The molecule has 1 amide bonds. The first-order valence-corrected chi connectivity index (χ1v) is 11.5. The minimum Gasteiger partial charge on any atom is -0.378 e. The van der Waals surface area contributed by atoms with E-state index in [-0.39, 0.29) is 16.6 Å². The Morgan fingerprint density at radius 3 is 2.53 bits per heavy atom. The molecule has 0 bridgehead atoms. The summed E-state index contributed by atoms with van der Waals surface area (Å²) in [5.41, 5.74) is 2.07. The van der Waals surface area contributed by atoms with Gasteiger partial charge in [0.15, 0.2) is 10.9 Å². The fourth-order valence-electron chi connectivity index (χ4n) is 2.49. The second kappa shape index (κ2) is 8.41. The van der Waals surface area contributed by atoms with Crippen molar-refractivity contribution in [3.05, 3.63) is 58.1 Å². The van der Waals surface area contributed by atoms with Gasteiger partial charge in [-0.2, -0.15) is 13.5 Å². The van der Waals surface area contributed by atoms with Gasteiger partial charge in [0.05, 0.1) is 11.0 Å². The van der Waals surface area contributed by atoms with E-state index in [1.165, 1.54) is 30.1 Å². The predicted molar refractivity (Wildman–Crippen MR) is 120 cm³/mol. The summed E-state index contributed by atoms with van der Waals surface area (Å²) >= 11 is 7.31. The van der Waals surface area contributed by atoms with Crippen molar-refractivity contribution in [1.29, 1.82) is 0 Å². The van der Waals surface area contributed by atoms with Gasteiger partial charge in [-0.15, -0.1) is 5.10 Å². The van der Waals surface area contributed by atoms with Crippen molar-refractivity contribution in [1.82, 2.24) is 5.32 Å². The van der Waals surface area contributed by atoms with Crippen molar-refractivity contribution in [2.45, 2.75) is 37.3 Å². The minimum absolute atomic E-state index is 0.0471. The summed E-state index contributed by atoms with van der Waals surface area (Å²) in [5, 5.41) is 11.3. The van der Waals surface area contributed by atoms with Gasteiger partial charge in [0.25, 0.3) is 0 Å². The molecule has 0 spiro atoms. The highest BCUT2D eigenvalue weighted by molar-refractivity contribution is 8.16. The van der Waals surface area contributed by atoms with Crippen LogP contribution in [0, 0.1) is 13.8 Å². The third-order valence-corrected chi connectivity index (χ3v) is 6.97. The molecular formula is C20H20ClN3O4S2. The number of nitrogens with one attached hydrogen (secondary N) is 1. The Hall–Kier alpha value is -2.36. The summed E-state index contributed by atoms with van der Waals surface area (Å²) in [5.74, 6) is -0.0476. The molecule has 0 aliphatic carbocycles. The molecule has 10 heteroatoms. The van der Waals surface area contributed by atoms with E-state index < -0.39 is 14.9 Å². The number of benzene rings is 2. The maximum absolute atomic E-state index is 12.7. The van der Waals surface area contributed by atoms with E-state index in [0.29, 0.717) is 15.8 Å². The van der Waals surface area contributed by atoms with Crippen LogP contribution in [-0.2, 0) is 14.9 Å². The molecule has 1 fully saturated rings. The molecule has 1 heterocycles.